The standard InChI is InChI=1S/C14H12FN5O4/c1-17-12-11(13(21)18(2)14(17)22)19(7-16-12)6-8-3-4-10(20(23)24)9(15)5-8/h3-5,7H,6H2,1-2H3. The van der Waals surface area contributed by atoms with Gasteiger partial charge in [-0.2, -0.15) is 4.39 Å². The van der Waals surface area contributed by atoms with Gasteiger partial charge in [0.2, 0.25) is 5.82 Å². The van der Waals surface area contributed by atoms with E-state index in [0.29, 0.717) is 5.56 Å². The Labute approximate surface area is 133 Å². The van der Waals surface area contributed by atoms with Crippen molar-refractivity contribution in [3.05, 3.63) is 66.9 Å². The summed E-state index contributed by atoms with van der Waals surface area (Å²) in [6.45, 7) is 0.0822. The van der Waals surface area contributed by atoms with Gasteiger partial charge in [-0.1, -0.05) is 6.07 Å². The number of nitrogens with zero attached hydrogens (tertiary/aromatic N) is 5. The van der Waals surface area contributed by atoms with Crippen LogP contribution in [0.25, 0.3) is 11.2 Å². The molecular weight excluding hydrogens is 321 g/mol. The van der Waals surface area contributed by atoms with Crippen LogP contribution >= 0.6 is 0 Å². The summed E-state index contributed by atoms with van der Waals surface area (Å²) in [6.07, 6.45) is 1.37. The molecule has 0 amide bonds. The van der Waals surface area contributed by atoms with E-state index < -0.39 is 27.7 Å². The Kier molecular flexibility index (Phi) is 3.51. The molecule has 0 fully saturated rings. The smallest absolute Gasteiger partial charge is 0.320 e. The molecule has 0 aliphatic rings. The van der Waals surface area contributed by atoms with Gasteiger partial charge in [-0.05, 0) is 11.6 Å². The van der Waals surface area contributed by atoms with Crippen molar-refractivity contribution in [2.45, 2.75) is 6.54 Å². The molecule has 124 valence electrons. The van der Waals surface area contributed by atoms with Gasteiger partial charge >= 0.3 is 11.4 Å². The fourth-order valence-electron chi connectivity index (χ4n) is 2.51. The highest BCUT2D eigenvalue weighted by molar-refractivity contribution is 5.70. The first kappa shape index (κ1) is 15.6. The molecule has 2 heterocycles. The first-order valence-corrected chi connectivity index (χ1v) is 6.85. The molecule has 3 rings (SSSR count). The summed E-state index contributed by atoms with van der Waals surface area (Å²) in [5.74, 6) is -0.956. The highest BCUT2D eigenvalue weighted by Crippen LogP contribution is 2.19. The number of imidazole rings is 1. The predicted molar refractivity (Wildman–Crippen MR) is 82.4 cm³/mol. The molecule has 0 aliphatic heterocycles. The Hall–Kier alpha value is -3.30. The number of rotatable bonds is 3. The summed E-state index contributed by atoms with van der Waals surface area (Å²) < 4.78 is 17.4. The van der Waals surface area contributed by atoms with Crippen molar-refractivity contribution in [2.75, 3.05) is 0 Å². The van der Waals surface area contributed by atoms with Crippen LogP contribution in [0.5, 0.6) is 0 Å². The molecule has 2 aromatic heterocycles. The van der Waals surface area contributed by atoms with Crippen molar-refractivity contribution in [3.8, 4) is 0 Å². The Morgan fingerprint density at radius 2 is 1.96 bits per heavy atom. The molecule has 0 atom stereocenters. The van der Waals surface area contributed by atoms with E-state index in [1.807, 2.05) is 0 Å². The number of hydrogen-bond acceptors (Lipinski definition) is 5. The zero-order chi connectivity index (χ0) is 17.6. The summed E-state index contributed by atoms with van der Waals surface area (Å²) in [5, 5.41) is 10.7. The maximum absolute atomic E-state index is 13.7. The van der Waals surface area contributed by atoms with Gasteiger partial charge in [-0.3, -0.25) is 24.0 Å². The molecule has 0 spiro atoms. The summed E-state index contributed by atoms with van der Waals surface area (Å²) in [7, 11) is 2.85. The van der Waals surface area contributed by atoms with Crippen molar-refractivity contribution < 1.29 is 9.31 Å². The molecular formula is C14H12FN5O4. The van der Waals surface area contributed by atoms with Crippen molar-refractivity contribution in [1.82, 2.24) is 18.7 Å². The van der Waals surface area contributed by atoms with E-state index in [1.54, 1.807) is 0 Å². The number of hydrogen-bond donors (Lipinski definition) is 0. The number of halogens is 1. The van der Waals surface area contributed by atoms with Gasteiger partial charge in [0.1, 0.15) is 0 Å². The van der Waals surface area contributed by atoms with Crippen LogP contribution in [0.3, 0.4) is 0 Å². The van der Waals surface area contributed by atoms with E-state index in [-0.39, 0.29) is 17.7 Å². The topological polar surface area (TPSA) is 105 Å². The SMILES string of the molecule is Cn1c(=O)c2c(ncn2Cc2ccc([N+](=O)[O-])c(F)c2)n(C)c1=O. The molecule has 10 heteroatoms. The Morgan fingerprint density at radius 3 is 2.58 bits per heavy atom. The minimum absolute atomic E-state index is 0.0822. The lowest BCUT2D eigenvalue weighted by atomic mass is 10.2. The van der Waals surface area contributed by atoms with E-state index in [1.165, 1.54) is 35.6 Å². The predicted octanol–water partition coefficient (Wildman–Crippen LogP) is 0.529. The minimum Gasteiger partial charge on any atom is -0.320 e. The molecule has 0 radical (unpaired) electrons. The van der Waals surface area contributed by atoms with Gasteiger partial charge in [0.15, 0.2) is 11.2 Å². The van der Waals surface area contributed by atoms with Gasteiger partial charge in [-0.25, -0.2) is 9.78 Å². The molecule has 0 unspecified atom stereocenters. The number of fused-ring (bicyclic) bond motifs is 1. The molecule has 1 aromatic carbocycles. The molecule has 0 saturated carbocycles. The fraction of sp³-hybridized carbons (Fsp3) is 0.214. The van der Waals surface area contributed by atoms with Crippen molar-refractivity contribution in [1.29, 1.82) is 0 Å². The maximum atomic E-state index is 13.7. The molecule has 24 heavy (non-hydrogen) atoms. The number of nitro benzene ring substituents is 1. The first-order chi connectivity index (χ1) is 11.3. The summed E-state index contributed by atoms with van der Waals surface area (Å²) in [6, 6.07) is 3.51. The van der Waals surface area contributed by atoms with Gasteiger partial charge in [0, 0.05) is 26.7 Å². The lowest BCUT2D eigenvalue weighted by Gasteiger charge is -2.07. The highest BCUT2D eigenvalue weighted by Gasteiger charge is 2.17. The third-order valence-corrected chi connectivity index (χ3v) is 3.78. The number of aromatic nitrogens is 4. The van der Waals surface area contributed by atoms with Gasteiger partial charge in [0.05, 0.1) is 11.3 Å². The van der Waals surface area contributed by atoms with E-state index in [2.05, 4.69) is 4.98 Å². The number of nitro groups is 1. The zero-order valence-electron chi connectivity index (χ0n) is 12.8. The maximum Gasteiger partial charge on any atom is 0.332 e. The third kappa shape index (κ3) is 2.28. The Morgan fingerprint density at radius 1 is 1.25 bits per heavy atom. The first-order valence-electron chi connectivity index (χ1n) is 6.85. The second-order valence-corrected chi connectivity index (χ2v) is 5.29. The molecule has 0 saturated heterocycles. The Bertz CT molecular complexity index is 1090. The monoisotopic (exact) mass is 333 g/mol. The molecule has 0 bridgehead atoms. The van der Waals surface area contributed by atoms with E-state index in [0.717, 1.165) is 16.7 Å². The molecule has 0 aliphatic carbocycles. The molecule has 9 nitrogen and oxygen atoms in total. The van der Waals surface area contributed by atoms with Crippen LogP contribution in [0, 0.1) is 15.9 Å². The lowest BCUT2D eigenvalue weighted by molar-refractivity contribution is -0.387. The Balaban J connectivity index is 2.12. The zero-order valence-corrected chi connectivity index (χ0v) is 12.8. The second kappa shape index (κ2) is 5.41. The van der Waals surface area contributed by atoms with Crippen LogP contribution in [-0.4, -0.2) is 23.6 Å². The average molecular weight is 333 g/mol. The normalized spacial score (nSPS) is 11.1. The van der Waals surface area contributed by atoms with Crippen LogP contribution in [0.4, 0.5) is 10.1 Å². The van der Waals surface area contributed by atoms with Crippen molar-refractivity contribution >= 4 is 16.9 Å². The van der Waals surface area contributed by atoms with E-state index in [9.17, 15) is 24.1 Å². The van der Waals surface area contributed by atoms with E-state index in [4.69, 9.17) is 0 Å². The number of benzene rings is 1. The second-order valence-electron chi connectivity index (χ2n) is 5.29. The summed E-state index contributed by atoms with van der Waals surface area (Å²) in [5.41, 5.74) is -0.809. The minimum atomic E-state index is -0.956. The lowest BCUT2D eigenvalue weighted by Crippen LogP contribution is -2.37. The third-order valence-electron chi connectivity index (χ3n) is 3.78. The fourth-order valence-corrected chi connectivity index (χ4v) is 2.51. The summed E-state index contributed by atoms with van der Waals surface area (Å²) >= 11 is 0. The average Bonchev–Trinajstić information content (AvgIpc) is 2.94. The number of aryl methyl sites for hydroxylation is 1. The van der Waals surface area contributed by atoms with Crippen LogP contribution in [0.1, 0.15) is 5.56 Å². The van der Waals surface area contributed by atoms with Gasteiger partial charge in [0.25, 0.3) is 5.56 Å². The van der Waals surface area contributed by atoms with E-state index >= 15 is 0 Å². The van der Waals surface area contributed by atoms with Gasteiger partial charge < -0.3 is 4.57 Å². The highest BCUT2D eigenvalue weighted by atomic mass is 19.1. The van der Waals surface area contributed by atoms with Crippen LogP contribution in [0.2, 0.25) is 0 Å². The van der Waals surface area contributed by atoms with Crippen molar-refractivity contribution in [3.63, 3.8) is 0 Å². The largest absolute Gasteiger partial charge is 0.332 e. The molecule has 0 N–H and O–H groups in total. The van der Waals surface area contributed by atoms with Crippen molar-refractivity contribution in [2.24, 2.45) is 14.1 Å². The van der Waals surface area contributed by atoms with Gasteiger partial charge in [-0.15, -0.1) is 0 Å². The van der Waals surface area contributed by atoms with Crippen LogP contribution in [-0.2, 0) is 20.6 Å². The molecule has 3 aromatic rings. The quantitative estimate of drug-likeness (QED) is 0.513. The summed E-state index contributed by atoms with van der Waals surface area (Å²) in [4.78, 5) is 38.1. The van der Waals surface area contributed by atoms with Crippen LogP contribution in [0.15, 0.2) is 34.1 Å². The van der Waals surface area contributed by atoms with Crippen LogP contribution < -0.4 is 11.2 Å².